The van der Waals surface area contributed by atoms with Gasteiger partial charge in [0, 0.05) is 0 Å². The van der Waals surface area contributed by atoms with E-state index in [4.69, 9.17) is 24.3 Å². The van der Waals surface area contributed by atoms with Crippen LogP contribution in [0.4, 0.5) is 10.6 Å². The van der Waals surface area contributed by atoms with Gasteiger partial charge < -0.3 is 0 Å². The Morgan fingerprint density at radius 1 is 1.52 bits per heavy atom. The first kappa shape index (κ1) is 22.1. The second-order valence-electron chi connectivity index (χ2n) is 6.87. The summed E-state index contributed by atoms with van der Waals surface area (Å²) in [5, 5.41) is 0. The van der Waals surface area contributed by atoms with Crippen molar-refractivity contribution in [3.8, 4) is 0 Å². The molecule has 1 aliphatic heterocycles. The van der Waals surface area contributed by atoms with Crippen molar-refractivity contribution < 1.29 is 28.2 Å². The number of hydrogen-bond acceptors (Lipinski definition) is 11. The van der Waals surface area contributed by atoms with Gasteiger partial charge in [-0.2, -0.15) is 0 Å². The molecule has 0 aliphatic carbocycles. The molecule has 1 saturated heterocycles. The zero-order valence-electron chi connectivity index (χ0n) is 16.6. The fourth-order valence-corrected chi connectivity index (χ4v) is 4.31. The number of aromatic nitrogens is 6. The summed E-state index contributed by atoms with van der Waals surface area (Å²) < 4.78 is 25.5. The summed E-state index contributed by atoms with van der Waals surface area (Å²) in [6, 6.07) is 0. The number of carbonyl (C=O) groups is 1. The molecule has 0 aromatic carbocycles. The van der Waals surface area contributed by atoms with E-state index in [0.29, 0.717) is 22.3 Å². The molecule has 3 aromatic rings. The van der Waals surface area contributed by atoms with Crippen molar-refractivity contribution in [2.75, 3.05) is 19.5 Å². The average molecular weight is 516 g/mol. The Morgan fingerprint density at radius 3 is 3.03 bits per heavy atom. The number of fused-ring (bicyclic) bond motifs is 1. The maximum absolute atomic E-state index is 12.5. The van der Waals surface area contributed by atoms with Crippen LogP contribution in [-0.2, 0) is 18.5 Å². The van der Waals surface area contributed by atoms with Crippen molar-refractivity contribution in [1.29, 1.82) is 0 Å². The summed E-state index contributed by atoms with van der Waals surface area (Å²) in [5.41, 5.74) is 6.71. The Balaban J connectivity index is 1.63. The van der Waals surface area contributed by atoms with Crippen molar-refractivity contribution in [1.82, 2.24) is 29.1 Å². The molecular formula is C15H20BBrN7O6P. The molecule has 166 valence electrons. The molecular weight excluding hydrogens is 496 g/mol. The van der Waals surface area contributed by atoms with Crippen LogP contribution >= 0.6 is 23.8 Å². The summed E-state index contributed by atoms with van der Waals surface area (Å²) in [6.07, 6.45) is 3.27. The van der Waals surface area contributed by atoms with E-state index in [2.05, 4.69) is 35.9 Å². The molecule has 3 atom stereocenters. The molecule has 0 bridgehead atoms. The first-order valence-electron chi connectivity index (χ1n) is 9.19. The second kappa shape index (κ2) is 8.77. The van der Waals surface area contributed by atoms with E-state index in [1.807, 2.05) is 0 Å². The summed E-state index contributed by atoms with van der Waals surface area (Å²) in [6.45, 7) is 0.0457. The molecule has 0 amide bonds. The number of ether oxygens (including phenoxy) is 2. The molecule has 1 aliphatic rings. The summed E-state index contributed by atoms with van der Waals surface area (Å²) in [5.74, 6) is 0.205. The third kappa shape index (κ3) is 4.56. The predicted molar refractivity (Wildman–Crippen MR) is 116 cm³/mol. The fourth-order valence-electron chi connectivity index (χ4n) is 3.15. The van der Waals surface area contributed by atoms with Gasteiger partial charge in [-0.25, -0.2) is 0 Å². The van der Waals surface area contributed by atoms with Crippen molar-refractivity contribution in [2.45, 2.75) is 24.9 Å². The van der Waals surface area contributed by atoms with Gasteiger partial charge in [-0.3, -0.25) is 0 Å². The number of imidazole rings is 2. The monoisotopic (exact) mass is 515 g/mol. The fraction of sp³-hybridized carbons (Fsp3) is 0.400. The topological polar surface area (TPSA) is 162 Å². The molecule has 3 aromatic heterocycles. The number of halogens is 1. The van der Waals surface area contributed by atoms with Gasteiger partial charge in [-0.15, -0.1) is 0 Å². The van der Waals surface area contributed by atoms with Gasteiger partial charge in [0.15, 0.2) is 0 Å². The molecule has 13 nitrogen and oxygen atoms in total. The first-order chi connectivity index (χ1) is 14.8. The van der Waals surface area contributed by atoms with Crippen molar-refractivity contribution in [3.63, 3.8) is 0 Å². The number of nitrogen functional groups attached to an aromatic ring is 1. The number of anilines is 1. The van der Waals surface area contributed by atoms with Gasteiger partial charge in [-0.1, -0.05) is 0 Å². The van der Waals surface area contributed by atoms with Crippen LogP contribution in [0, 0.1) is 0 Å². The molecule has 4 heterocycles. The van der Waals surface area contributed by atoms with Crippen LogP contribution in [0.1, 0.15) is 12.6 Å². The molecule has 16 heteroatoms. The molecule has 31 heavy (non-hydrogen) atoms. The molecule has 0 unspecified atom stereocenters. The third-order valence-electron chi connectivity index (χ3n) is 4.75. The van der Waals surface area contributed by atoms with Crippen LogP contribution in [0.15, 0.2) is 29.8 Å². The van der Waals surface area contributed by atoms with Crippen LogP contribution < -0.4 is 5.73 Å². The van der Waals surface area contributed by atoms with Crippen LogP contribution in [0.3, 0.4) is 0 Å². The quantitative estimate of drug-likeness (QED) is 0.265. The van der Waals surface area contributed by atoms with E-state index in [9.17, 15) is 9.69 Å². The van der Waals surface area contributed by atoms with Gasteiger partial charge in [0.25, 0.3) is 0 Å². The summed E-state index contributed by atoms with van der Waals surface area (Å²) in [4.78, 5) is 39.0. The maximum atomic E-state index is 12.5. The number of hydrogen-bond donors (Lipinski definition) is 2. The van der Waals surface area contributed by atoms with Crippen LogP contribution in [0.5, 0.6) is 0 Å². The number of carbonyl (C=O) groups excluding carboxylic acids is 1. The second-order valence-corrected chi connectivity index (χ2v) is 10.1. The third-order valence-corrected chi connectivity index (χ3v) is 6.76. The number of nitrogens with zero attached hydrogens (tertiary/aromatic N) is 6. The minimum absolute atomic E-state index is 0.0457. The number of nitrogens with two attached hydrogens (primary N) is 1. The van der Waals surface area contributed by atoms with Gasteiger partial charge in [0.05, 0.1) is 0 Å². The number of rotatable bonds is 6. The van der Waals surface area contributed by atoms with E-state index in [1.54, 1.807) is 4.57 Å². The van der Waals surface area contributed by atoms with Crippen molar-refractivity contribution in [2.24, 2.45) is 0 Å². The van der Waals surface area contributed by atoms with E-state index >= 15 is 0 Å². The zero-order chi connectivity index (χ0) is 22.2. The van der Waals surface area contributed by atoms with Crippen LogP contribution in [0.2, 0.25) is 0 Å². The van der Waals surface area contributed by atoms with Gasteiger partial charge in [0.1, 0.15) is 0 Å². The molecule has 1 fully saturated rings. The SMILES string of the molecule is B[PH](O)(OC)OC[C@@H]1C[C@H](OC(=O)n2ccnc2)[C@H](n2c(Br)nc3c(N)ncnc32)O1. The normalized spacial score (nSPS) is 22.1. The van der Waals surface area contributed by atoms with Crippen LogP contribution in [-0.4, -0.2) is 73.5 Å². The Kier molecular flexibility index (Phi) is 6.24. The molecule has 4 rings (SSSR count). The zero-order valence-corrected chi connectivity index (χ0v) is 19.2. The van der Waals surface area contributed by atoms with Gasteiger partial charge >= 0.3 is 186 Å². The van der Waals surface area contributed by atoms with E-state index < -0.39 is 32.4 Å². The van der Waals surface area contributed by atoms with Gasteiger partial charge in [0.2, 0.25) is 0 Å². The standard InChI is InChI=1S/C15H20BBrN7O6P/c1-27-31(16,26)28-5-8-4-9(30-15(25)23-3-2-19-7-23)13(29-8)24-12-10(22-14(24)17)11(18)20-6-21-12/h2-3,6-9,13,26,31H,4-5,16H2,1H3,(H2,18,20,21)/t8-,9-,13+/m0/s1. The van der Waals surface area contributed by atoms with E-state index in [0.717, 1.165) is 0 Å². The Labute approximate surface area is 186 Å². The predicted octanol–water partition coefficient (Wildman–Crippen LogP) is 0.407. The summed E-state index contributed by atoms with van der Waals surface area (Å²) >= 11 is 3.40. The molecule has 0 spiro atoms. The molecule has 0 radical (unpaired) electrons. The van der Waals surface area contributed by atoms with Crippen molar-refractivity contribution >= 4 is 54.4 Å². The first-order valence-corrected chi connectivity index (χ1v) is 12.2. The molecule has 0 saturated carbocycles. The van der Waals surface area contributed by atoms with Crippen LogP contribution in [0.25, 0.3) is 11.2 Å². The Bertz CT molecular complexity index is 1080. The van der Waals surface area contributed by atoms with E-state index in [1.165, 1.54) is 44.3 Å². The Morgan fingerprint density at radius 2 is 2.32 bits per heavy atom. The van der Waals surface area contributed by atoms with E-state index in [-0.39, 0.29) is 12.4 Å². The average Bonchev–Trinajstić information content (AvgIpc) is 3.46. The Hall–Kier alpha value is -2.16. The minimum atomic E-state index is -3.26. The van der Waals surface area contributed by atoms with Crippen molar-refractivity contribution in [3.05, 3.63) is 29.8 Å². The summed E-state index contributed by atoms with van der Waals surface area (Å²) in [7, 11) is -0.389. The molecule has 3 N–H and O–H groups in total. The van der Waals surface area contributed by atoms with Gasteiger partial charge in [-0.05, 0) is 0 Å².